The molecule has 0 bridgehead atoms. The number of aromatic hydroxyl groups is 1. The Balaban J connectivity index is 2.56. The zero-order chi connectivity index (χ0) is 11.7. The summed E-state index contributed by atoms with van der Waals surface area (Å²) < 4.78 is 6.74. The summed E-state index contributed by atoms with van der Waals surface area (Å²) in [7, 11) is 0. The Bertz CT molecular complexity index is 552. The predicted octanol–water partition coefficient (Wildman–Crippen LogP) is 1.37. The Morgan fingerprint density at radius 2 is 2.38 bits per heavy atom. The van der Waals surface area contributed by atoms with Gasteiger partial charge in [-0.05, 0) is 22.9 Å². The Morgan fingerprint density at radius 1 is 1.62 bits per heavy atom. The second-order valence-electron chi connectivity index (χ2n) is 2.94. The van der Waals surface area contributed by atoms with Gasteiger partial charge in [0, 0.05) is 0 Å². The van der Waals surface area contributed by atoms with Crippen LogP contribution in [-0.2, 0) is 4.74 Å². The van der Waals surface area contributed by atoms with Crippen LogP contribution in [0.3, 0.4) is 0 Å². The highest BCUT2D eigenvalue weighted by molar-refractivity contribution is 9.10. The number of hydrogen-bond donors (Lipinski definition) is 1. The minimum Gasteiger partial charge on any atom is -0.504 e. The van der Waals surface area contributed by atoms with Gasteiger partial charge >= 0.3 is 5.97 Å². The molecular formula is C9H8BrN3O3. The third-order valence-electron chi connectivity index (χ3n) is 1.96. The van der Waals surface area contributed by atoms with Crippen molar-refractivity contribution in [3.63, 3.8) is 0 Å². The Hall–Kier alpha value is -1.63. The van der Waals surface area contributed by atoms with Gasteiger partial charge in [-0.3, -0.25) is 0 Å². The van der Waals surface area contributed by atoms with E-state index in [2.05, 4.69) is 26.0 Å². The molecule has 0 unspecified atom stereocenters. The van der Waals surface area contributed by atoms with E-state index in [0.717, 1.165) is 0 Å². The molecule has 0 atom stereocenters. The van der Waals surface area contributed by atoms with Crippen LogP contribution in [0, 0.1) is 0 Å². The van der Waals surface area contributed by atoms with E-state index in [1.54, 1.807) is 6.92 Å². The molecule has 1 N–H and O–H groups in total. The molecule has 0 saturated heterocycles. The van der Waals surface area contributed by atoms with Crippen LogP contribution in [0.4, 0.5) is 0 Å². The van der Waals surface area contributed by atoms with Crippen LogP contribution in [0.15, 0.2) is 17.0 Å². The molecule has 2 heterocycles. The molecule has 0 fully saturated rings. The van der Waals surface area contributed by atoms with Crippen LogP contribution in [0.2, 0.25) is 0 Å². The molecule has 0 amide bonds. The minimum atomic E-state index is -0.617. The number of nitrogens with zero attached hydrogens (tertiary/aromatic N) is 3. The summed E-state index contributed by atoms with van der Waals surface area (Å²) in [5.41, 5.74) is 0.213. The van der Waals surface area contributed by atoms with E-state index in [-0.39, 0.29) is 23.6 Å². The number of aromatic nitrogens is 3. The third kappa shape index (κ3) is 1.63. The number of fused-ring (bicyclic) bond motifs is 1. The molecule has 0 aliphatic rings. The zero-order valence-electron chi connectivity index (χ0n) is 8.35. The van der Waals surface area contributed by atoms with Gasteiger partial charge in [0.05, 0.1) is 19.0 Å². The van der Waals surface area contributed by atoms with Gasteiger partial charge in [0.15, 0.2) is 11.4 Å². The van der Waals surface area contributed by atoms with Crippen LogP contribution in [0.1, 0.15) is 17.3 Å². The van der Waals surface area contributed by atoms with E-state index in [9.17, 15) is 9.90 Å². The topological polar surface area (TPSA) is 76.7 Å². The normalized spacial score (nSPS) is 10.6. The van der Waals surface area contributed by atoms with Gasteiger partial charge < -0.3 is 9.84 Å². The molecule has 16 heavy (non-hydrogen) atoms. The lowest BCUT2D eigenvalue weighted by Crippen LogP contribution is -2.07. The largest absolute Gasteiger partial charge is 0.504 e. The monoisotopic (exact) mass is 285 g/mol. The van der Waals surface area contributed by atoms with Crippen LogP contribution in [-0.4, -0.2) is 32.3 Å². The first-order valence-corrected chi connectivity index (χ1v) is 5.32. The molecule has 0 aromatic carbocycles. The summed E-state index contributed by atoms with van der Waals surface area (Å²) in [6.45, 7) is 1.93. The summed E-state index contributed by atoms with van der Waals surface area (Å²) in [5.74, 6) is -0.853. The number of carbonyl (C=O) groups excluding carboxylic acids is 1. The molecular weight excluding hydrogens is 278 g/mol. The number of esters is 1. The Kier molecular flexibility index (Phi) is 2.78. The molecule has 2 rings (SSSR count). The fourth-order valence-corrected chi connectivity index (χ4v) is 1.61. The van der Waals surface area contributed by atoms with Crippen LogP contribution >= 0.6 is 15.9 Å². The highest BCUT2D eigenvalue weighted by Crippen LogP contribution is 2.24. The first-order valence-electron chi connectivity index (χ1n) is 4.53. The van der Waals surface area contributed by atoms with Crippen molar-refractivity contribution in [2.75, 3.05) is 6.61 Å². The third-order valence-corrected chi connectivity index (χ3v) is 2.50. The SMILES string of the molecule is CCOC(=O)c1cnn2c(Br)cnc2c1O. The number of imidazole rings is 1. The molecule has 7 heteroatoms. The number of hydrogen-bond acceptors (Lipinski definition) is 5. The van der Waals surface area contributed by atoms with Gasteiger partial charge in [0.25, 0.3) is 0 Å². The maximum absolute atomic E-state index is 11.4. The number of rotatable bonds is 2. The van der Waals surface area contributed by atoms with Gasteiger partial charge in [-0.2, -0.15) is 5.10 Å². The summed E-state index contributed by atoms with van der Waals surface area (Å²) in [5, 5.41) is 13.8. The molecule has 0 aliphatic heterocycles. The fourth-order valence-electron chi connectivity index (χ4n) is 1.25. The lowest BCUT2D eigenvalue weighted by Gasteiger charge is -2.04. The lowest BCUT2D eigenvalue weighted by molar-refractivity contribution is 0.0522. The molecule has 0 spiro atoms. The zero-order valence-corrected chi connectivity index (χ0v) is 9.93. The molecule has 0 saturated carbocycles. The molecule has 0 aliphatic carbocycles. The quantitative estimate of drug-likeness (QED) is 0.844. The van der Waals surface area contributed by atoms with Crippen LogP contribution in [0.5, 0.6) is 5.75 Å². The maximum Gasteiger partial charge on any atom is 0.343 e. The van der Waals surface area contributed by atoms with E-state index in [0.29, 0.717) is 4.60 Å². The van der Waals surface area contributed by atoms with Gasteiger partial charge in [0.2, 0.25) is 0 Å². The summed E-state index contributed by atoms with van der Waals surface area (Å²) in [6, 6.07) is 0. The van der Waals surface area contributed by atoms with Crippen molar-refractivity contribution in [1.82, 2.24) is 14.6 Å². The molecule has 2 aromatic rings. The highest BCUT2D eigenvalue weighted by atomic mass is 79.9. The maximum atomic E-state index is 11.4. The average Bonchev–Trinajstić information content (AvgIpc) is 2.62. The lowest BCUT2D eigenvalue weighted by atomic mass is 10.3. The number of halogens is 1. The van der Waals surface area contributed by atoms with Crippen LogP contribution in [0.25, 0.3) is 5.65 Å². The fraction of sp³-hybridized carbons (Fsp3) is 0.222. The first-order chi connectivity index (χ1) is 7.65. The number of carbonyl (C=O) groups is 1. The standard InChI is InChI=1S/C9H8BrN3O3/c1-2-16-9(15)5-3-12-13-6(10)4-11-8(13)7(5)14/h3-4,14H,2H2,1H3. The van der Waals surface area contributed by atoms with E-state index in [1.807, 2.05) is 0 Å². The molecule has 2 aromatic heterocycles. The Labute approximate surface area is 99.0 Å². The molecule has 84 valence electrons. The minimum absolute atomic E-state index is 0.00690. The molecule has 0 radical (unpaired) electrons. The van der Waals surface area contributed by atoms with E-state index < -0.39 is 5.97 Å². The van der Waals surface area contributed by atoms with E-state index >= 15 is 0 Å². The van der Waals surface area contributed by atoms with Gasteiger partial charge in [-0.25, -0.2) is 14.3 Å². The van der Waals surface area contributed by atoms with Crippen molar-refractivity contribution in [3.8, 4) is 5.75 Å². The van der Waals surface area contributed by atoms with Gasteiger partial charge in [-0.15, -0.1) is 0 Å². The van der Waals surface area contributed by atoms with Crippen molar-refractivity contribution in [1.29, 1.82) is 0 Å². The second kappa shape index (κ2) is 4.09. The predicted molar refractivity (Wildman–Crippen MR) is 58.3 cm³/mol. The first kappa shape index (κ1) is 10.9. The Morgan fingerprint density at radius 3 is 3.06 bits per heavy atom. The van der Waals surface area contributed by atoms with Crippen molar-refractivity contribution >= 4 is 27.5 Å². The highest BCUT2D eigenvalue weighted by Gasteiger charge is 2.17. The summed E-state index contributed by atoms with van der Waals surface area (Å²) in [4.78, 5) is 15.4. The van der Waals surface area contributed by atoms with Crippen molar-refractivity contribution in [2.45, 2.75) is 6.92 Å². The van der Waals surface area contributed by atoms with Gasteiger partial charge in [0.1, 0.15) is 10.2 Å². The van der Waals surface area contributed by atoms with E-state index in [1.165, 1.54) is 16.9 Å². The van der Waals surface area contributed by atoms with Gasteiger partial charge in [-0.1, -0.05) is 0 Å². The number of ether oxygens (including phenoxy) is 1. The van der Waals surface area contributed by atoms with Crippen molar-refractivity contribution < 1.29 is 14.6 Å². The average molecular weight is 286 g/mol. The summed E-state index contributed by atoms with van der Waals surface area (Å²) in [6.07, 6.45) is 2.73. The smallest absolute Gasteiger partial charge is 0.343 e. The van der Waals surface area contributed by atoms with Crippen molar-refractivity contribution in [3.05, 3.63) is 22.6 Å². The van der Waals surface area contributed by atoms with Crippen molar-refractivity contribution in [2.24, 2.45) is 0 Å². The van der Waals surface area contributed by atoms with E-state index in [4.69, 9.17) is 4.74 Å². The second-order valence-corrected chi connectivity index (χ2v) is 3.76. The molecule has 6 nitrogen and oxygen atoms in total. The summed E-state index contributed by atoms with van der Waals surface area (Å²) >= 11 is 3.20. The van der Waals surface area contributed by atoms with Crippen LogP contribution < -0.4 is 0 Å².